The maximum Gasteiger partial charge on any atom is 0.325 e. The molecule has 3 aromatic rings. The Bertz CT molecular complexity index is 1170. The lowest BCUT2D eigenvalue weighted by Crippen LogP contribution is -2.48. The van der Waals surface area contributed by atoms with Gasteiger partial charge in [0.2, 0.25) is 5.91 Å². The lowest BCUT2D eigenvalue weighted by Gasteiger charge is -2.33. The van der Waals surface area contributed by atoms with Gasteiger partial charge in [-0.15, -0.1) is 10.2 Å². The summed E-state index contributed by atoms with van der Waals surface area (Å²) in [6.45, 7) is 0.0324. The van der Waals surface area contributed by atoms with Crippen LogP contribution in [-0.4, -0.2) is 50.5 Å². The number of hydrogen-bond acceptors (Lipinski definition) is 6. The number of pyridine rings is 1. The van der Waals surface area contributed by atoms with Gasteiger partial charge in [0, 0.05) is 18.2 Å². The zero-order chi connectivity index (χ0) is 20.7. The van der Waals surface area contributed by atoms with Gasteiger partial charge < -0.3 is 15.4 Å². The summed E-state index contributed by atoms with van der Waals surface area (Å²) >= 11 is 0. The number of ether oxygens (including phenoxy) is 1. The zero-order valence-corrected chi connectivity index (χ0v) is 15.9. The van der Waals surface area contributed by atoms with Gasteiger partial charge >= 0.3 is 6.03 Å². The first kappa shape index (κ1) is 18.1. The van der Waals surface area contributed by atoms with E-state index in [-0.39, 0.29) is 13.1 Å². The second kappa shape index (κ2) is 6.83. The molecule has 2 aliphatic heterocycles. The van der Waals surface area contributed by atoms with Crippen molar-refractivity contribution < 1.29 is 19.1 Å². The van der Waals surface area contributed by atoms with Crippen LogP contribution >= 0.6 is 0 Å². The Balaban J connectivity index is 1.30. The summed E-state index contributed by atoms with van der Waals surface area (Å²) in [6, 6.07) is 12.0. The van der Waals surface area contributed by atoms with Gasteiger partial charge in [-0.1, -0.05) is 24.3 Å². The summed E-state index contributed by atoms with van der Waals surface area (Å²) in [6.07, 6.45) is 2.10. The Hall–Kier alpha value is -3.95. The number of urea groups is 1. The fourth-order valence-electron chi connectivity index (χ4n) is 3.90. The van der Waals surface area contributed by atoms with E-state index in [0.717, 1.165) is 4.90 Å². The molecule has 10 nitrogen and oxygen atoms in total. The molecule has 1 atom stereocenters. The van der Waals surface area contributed by atoms with E-state index in [9.17, 15) is 14.4 Å². The molecule has 0 aliphatic carbocycles. The third-order valence-corrected chi connectivity index (χ3v) is 5.39. The van der Waals surface area contributed by atoms with Gasteiger partial charge in [-0.25, -0.2) is 4.79 Å². The van der Waals surface area contributed by atoms with E-state index in [0.29, 0.717) is 35.8 Å². The largest absolute Gasteiger partial charge is 0.493 e. The molecule has 2 aromatic heterocycles. The fourth-order valence-corrected chi connectivity index (χ4v) is 3.90. The standard InChI is InChI=1S/C20H18N6O4/c27-17(21-11-16-24-23-15-7-3-4-9-25(15)16)12-26-18(28)20(22-19(26)29)8-10-30-14-6-2-1-5-13(14)20/h1-7,9H,8,10-12H2,(H,21,27)(H,22,29). The van der Waals surface area contributed by atoms with Crippen LogP contribution in [-0.2, 0) is 21.7 Å². The first-order valence-electron chi connectivity index (χ1n) is 9.50. The highest BCUT2D eigenvalue weighted by atomic mass is 16.5. The summed E-state index contributed by atoms with van der Waals surface area (Å²) in [7, 11) is 0. The highest BCUT2D eigenvalue weighted by Gasteiger charge is 2.55. The smallest absolute Gasteiger partial charge is 0.325 e. The van der Waals surface area contributed by atoms with Crippen molar-refractivity contribution in [1.82, 2.24) is 30.1 Å². The van der Waals surface area contributed by atoms with Gasteiger partial charge in [-0.2, -0.15) is 0 Å². The number of fused-ring (bicyclic) bond motifs is 3. The van der Waals surface area contributed by atoms with Crippen LogP contribution in [0.5, 0.6) is 5.75 Å². The Labute approximate surface area is 170 Å². The molecule has 2 aliphatic rings. The Morgan fingerprint density at radius 1 is 1.17 bits per heavy atom. The van der Waals surface area contributed by atoms with E-state index in [2.05, 4.69) is 20.8 Å². The normalized spacial score (nSPS) is 20.2. The summed E-state index contributed by atoms with van der Waals surface area (Å²) < 4.78 is 7.36. The SMILES string of the molecule is O=C(CN1C(=O)NC2(CCOc3ccccc32)C1=O)NCc1nnc2ccccn12. The molecule has 1 unspecified atom stereocenters. The van der Waals surface area contributed by atoms with Gasteiger partial charge in [-0.05, 0) is 18.2 Å². The molecule has 4 heterocycles. The molecule has 0 bridgehead atoms. The topological polar surface area (TPSA) is 118 Å². The minimum atomic E-state index is -1.20. The molecule has 10 heteroatoms. The van der Waals surface area contributed by atoms with Gasteiger partial charge in [0.15, 0.2) is 17.0 Å². The monoisotopic (exact) mass is 406 g/mol. The minimum absolute atomic E-state index is 0.121. The van der Waals surface area contributed by atoms with Crippen LogP contribution in [0.3, 0.4) is 0 Å². The van der Waals surface area contributed by atoms with Gasteiger partial charge in [0.05, 0.1) is 13.2 Å². The molecule has 1 spiro atoms. The van der Waals surface area contributed by atoms with Crippen molar-refractivity contribution in [3.63, 3.8) is 0 Å². The molecule has 30 heavy (non-hydrogen) atoms. The second-order valence-electron chi connectivity index (χ2n) is 7.14. The van der Waals surface area contributed by atoms with Crippen LogP contribution < -0.4 is 15.4 Å². The number of rotatable bonds is 4. The van der Waals surface area contributed by atoms with E-state index in [4.69, 9.17) is 4.74 Å². The number of imide groups is 1. The molecule has 1 fully saturated rings. The summed E-state index contributed by atoms with van der Waals surface area (Å²) in [5.74, 6) is 0.184. The number of para-hydroxylation sites is 1. The first-order valence-corrected chi connectivity index (χ1v) is 9.50. The van der Waals surface area contributed by atoms with E-state index in [1.165, 1.54) is 0 Å². The Kier molecular flexibility index (Phi) is 4.12. The zero-order valence-electron chi connectivity index (χ0n) is 15.9. The highest BCUT2D eigenvalue weighted by molar-refractivity contribution is 6.09. The predicted molar refractivity (Wildman–Crippen MR) is 103 cm³/mol. The maximum atomic E-state index is 13.2. The van der Waals surface area contributed by atoms with Gasteiger partial charge in [0.1, 0.15) is 12.3 Å². The van der Waals surface area contributed by atoms with Crippen LogP contribution in [0.2, 0.25) is 0 Å². The van der Waals surface area contributed by atoms with Gasteiger partial charge in [0.25, 0.3) is 5.91 Å². The van der Waals surface area contributed by atoms with Crippen molar-refractivity contribution in [2.45, 2.75) is 18.5 Å². The number of nitrogens with one attached hydrogen (secondary N) is 2. The Morgan fingerprint density at radius 2 is 2.00 bits per heavy atom. The van der Waals surface area contributed by atoms with Crippen LogP contribution in [0.4, 0.5) is 4.79 Å². The predicted octanol–water partition coefficient (Wildman–Crippen LogP) is 0.575. The molecular formula is C20H18N6O4. The Morgan fingerprint density at radius 3 is 2.90 bits per heavy atom. The molecule has 1 saturated heterocycles. The van der Waals surface area contributed by atoms with Crippen LogP contribution in [0, 0.1) is 0 Å². The summed E-state index contributed by atoms with van der Waals surface area (Å²) in [5, 5.41) is 13.5. The molecule has 4 amide bonds. The van der Waals surface area contributed by atoms with Crippen molar-refractivity contribution in [2.24, 2.45) is 0 Å². The van der Waals surface area contributed by atoms with Crippen molar-refractivity contribution in [2.75, 3.05) is 13.2 Å². The number of hydrogen-bond donors (Lipinski definition) is 2. The molecule has 5 rings (SSSR count). The number of aromatic nitrogens is 3. The van der Waals surface area contributed by atoms with E-state index in [1.807, 2.05) is 12.1 Å². The number of benzene rings is 1. The van der Waals surface area contributed by atoms with Crippen molar-refractivity contribution in [3.8, 4) is 5.75 Å². The quantitative estimate of drug-likeness (QED) is 0.612. The van der Waals surface area contributed by atoms with Crippen LogP contribution in [0.15, 0.2) is 48.7 Å². The highest BCUT2D eigenvalue weighted by Crippen LogP contribution is 2.40. The molecule has 1 aromatic carbocycles. The fraction of sp³-hybridized carbons (Fsp3) is 0.250. The summed E-state index contributed by atoms with van der Waals surface area (Å²) in [5.41, 5.74) is 0.0681. The van der Waals surface area contributed by atoms with Crippen molar-refractivity contribution >= 4 is 23.5 Å². The van der Waals surface area contributed by atoms with E-state index in [1.54, 1.807) is 40.9 Å². The van der Waals surface area contributed by atoms with E-state index >= 15 is 0 Å². The van der Waals surface area contributed by atoms with Crippen molar-refractivity contribution in [1.29, 1.82) is 0 Å². The number of carbonyl (C=O) groups is 3. The van der Waals surface area contributed by atoms with Crippen LogP contribution in [0.25, 0.3) is 5.65 Å². The molecule has 0 radical (unpaired) electrons. The molecule has 0 saturated carbocycles. The third-order valence-electron chi connectivity index (χ3n) is 5.39. The second-order valence-corrected chi connectivity index (χ2v) is 7.14. The van der Waals surface area contributed by atoms with E-state index < -0.39 is 23.4 Å². The molecule has 2 N–H and O–H groups in total. The number of carbonyl (C=O) groups excluding carboxylic acids is 3. The average Bonchev–Trinajstić information content (AvgIpc) is 3.28. The number of amides is 4. The molecular weight excluding hydrogens is 388 g/mol. The summed E-state index contributed by atoms with van der Waals surface area (Å²) in [4.78, 5) is 39.2. The number of nitrogens with zero attached hydrogens (tertiary/aromatic N) is 4. The lowest BCUT2D eigenvalue weighted by molar-refractivity contribution is -0.136. The average molecular weight is 406 g/mol. The van der Waals surface area contributed by atoms with Crippen LogP contribution in [0.1, 0.15) is 17.8 Å². The van der Waals surface area contributed by atoms with Crippen molar-refractivity contribution in [3.05, 3.63) is 60.0 Å². The maximum absolute atomic E-state index is 13.2. The van der Waals surface area contributed by atoms with Gasteiger partial charge in [-0.3, -0.25) is 18.9 Å². The first-order chi connectivity index (χ1) is 14.6. The molecule has 152 valence electrons. The lowest BCUT2D eigenvalue weighted by atomic mass is 9.84. The minimum Gasteiger partial charge on any atom is -0.493 e. The third kappa shape index (κ3) is 2.76.